The second kappa shape index (κ2) is 7.49. The molecule has 3 nitrogen and oxygen atoms in total. The van der Waals surface area contributed by atoms with Gasteiger partial charge in [-0.1, -0.05) is 102 Å². The van der Waals surface area contributed by atoms with Gasteiger partial charge in [0.1, 0.15) is 0 Å². The van der Waals surface area contributed by atoms with Crippen LogP contribution in [0.5, 0.6) is 0 Å². The molecule has 0 fully saturated rings. The highest BCUT2D eigenvalue weighted by Gasteiger charge is 2.22. The molecule has 0 saturated heterocycles. The van der Waals surface area contributed by atoms with Crippen LogP contribution in [0.2, 0.25) is 0 Å². The maximum Gasteiger partial charge on any atom is 0.271 e. The monoisotopic (exact) mass is 394 g/mol. The number of rotatable bonds is 3. The van der Waals surface area contributed by atoms with E-state index in [0.29, 0.717) is 4.53 Å². The predicted octanol–water partition coefficient (Wildman–Crippen LogP) is 4.00. The molecule has 0 aliphatic carbocycles. The normalized spacial score (nSPS) is 16.1. The zero-order chi connectivity index (χ0) is 19.6. The second-order valence-electron chi connectivity index (χ2n) is 6.86. The molecule has 3 aromatic carbocycles. The summed E-state index contributed by atoms with van der Waals surface area (Å²) in [6, 6.07) is 30.0. The number of fused-ring (bicyclic) bond motifs is 1. The van der Waals surface area contributed by atoms with Crippen LogP contribution in [-0.4, -0.2) is 4.57 Å². The molecule has 4 heteroatoms. The fourth-order valence-electron chi connectivity index (χ4n) is 3.54. The summed E-state index contributed by atoms with van der Waals surface area (Å²) in [7, 11) is 0. The molecule has 1 atom stereocenters. The first-order chi connectivity index (χ1) is 14.3. The van der Waals surface area contributed by atoms with Crippen LogP contribution in [0.3, 0.4) is 0 Å². The van der Waals surface area contributed by atoms with Crippen LogP contribution in [0.15, 0.2) is 107 Å². The van der Waals surface area contributed by atoms with E-state index in [1.54, 1.807) is 4.57 Å². The van der Waals surface area contributed by atoms with Crippen molar-refractivity contribution in [2.24, 2.45) is 4.99 Å². The van der Waals surface area contributed by atoms with E-state index >= 15 is 0 Å². The van der Waals surface area contributed by atoms with Gasteiger partial charge in [0.2, 0.25) is 0 Å². The van der Waals surface area contributed by atoms with E-state index in [1.807, 2.05) is 72.8 Å². The van der Waals surface area contributed by atoms with Crippen molar-refractivity contribution in [3.63, 3.8) is 0 Å². The Balaban J connectivity index is 1.75. The van der Waals surface area contributed by atoms with Crippen molar-refractivity contribution < 1.29 is 0 Å². The van der Waals surface area contributed by atoms with Gasteiger partial charge in [-0.05, 0) is 28.8 Å². The molecular weight excluding hydrogens is 376 g/mol. The fourth-order valence-corrected chi connectivity index (χ4v) is 4.56. The van der Waals surface area contributed by atoms with Crippen LogP contribution in [0.1, 0.15) is 22.7 Å². The molecule has 2 heterocycles. The Morgan fingerprint density at radius 3 is 2.14 bits per heavy atom. The molecule has 0 radical (unpaired) electrons. The molecule has 1 unspecified atom stereocenters. The van der Waals surface area contributed by atoms with E-state index in [2.05, 4.69) is 30.3 Å². The molecule has 29 heavy (non-hydrogen) atoms. The van der Waals surface area contributed by atoms with E-state index in [4.69, 9.17) is 4.99 Å². The minimum Gasteiger partial charge on any atom is -0.272 e. The summed E-state index contributed by atoms with van der Waals surface area (Å²) in [4.78, 5) is 18.9. The first-order valence-electron chi connectivity index (χ1n) is 9.49. The maximum absolute atomic E-state index is 13.3. The van der Waals surface area contributed by atoms with Gasteiger partial charge in [-0.3, -0.25) is 9.36 Å². The topological polar surface area (TPSA) is 34.4 Å². The average molecular weight is 394 g/mol. The minimum atomic E-state index is -0.180. The Labute approximate surface area is 172 Å². The van der Waals surface area contributed by atoms with Gasteiger partial charge in [0.25, 0.3) is 5.56 Å². The van der Waals surface area contributed by atoms with Gasteiger partial charge in [-0.15, -0.1) is 0 Å². The molecule has 140 valence electrons. The van der Waals surface area contributed by atoms with Crippen LogP contribution in [0.25, 0.3) is 11.8 Å². The van der Waals surface area contributed by atoms with E-state index in [1.165, 1.54) is 11.3 Å². The SMILES string of the molecule is O=c1c(=Cc2ccccc2)sc2n1C(c1ccccc1)C=C(c1ccccc1)N=2. The molecule has 0 amide bonds. The third-order valence-electron chi connectivity index (χ3n) is 4.95. The molecule has 0 bridgehead atoms. The van der Waals surface area contributed by atoms with Crippen molar-refractivity contribution in [1.29, 1.82) is 0 Å². The first-order valence-corrected chi connectivity index (χ1v) is 10.3. The van der Waals surface area contributed by atoms with E-state index < -0.39 is 0 Å². The maximum atomic E-state index is 13.3. The molecular formula is C25H18N2OS. The first kappa shape index (κ1) is 17.6. The van der Waals surface area contributed by atoms with Crippen molar-refractivity contribution in [2.75, 3.05) is 0 Å². The Hall–Kier alpha value is -3.50. The third kappa shape index (κ3) is 3.39. The molecule has 0 N–H and O–H groups in total. The third-order valence-corrected chi connectivity index (χ3v) is 5.94. The van der Waals surface area contributed by atoms with Crippen molar-refractivity contribution in [3.8, 4) is 0 Å². The molecule has 0 saturated carbocycles. The largest absolute Gasteiger partial charge is 0.272 e. The standard InChI is InChI=1S/C25H18N2OS/c28-24-23(16-18-10-4-1-5-11-18)29-25-26-21(19-12-6-2-7-13-19)17-22(27(24)25)20-14-8-3-9-15-20/h1-17,22H. The van der Waals surface area contributed by atoms with Crippen molar-refractivity contribution >= 4 is 23.1 Å². The van der Waals surface area contributed by atoms with Gasteiger partial charge < -0.3 is 0 Å². The summed E-state index contributed by atoms with van der Waals surface area (Å²) >= 11 is 1.44. The number of allylic oxidation sites excluding steroid dienone is 1. The van der Waals surface area contributed by atoms with Gasteiger partial charge in [0, 0.05) is 0 Å². The predicted molar refractivity (Wildman–Crippen MR) is 118 cm³/mol. The van der Waals surface area contributed by atoms with E-state index in [0.717, 1.165) is 27.2 Å². The lowest BCUT2D eigenvalue weighted by Crippen LogP contribution is -2.36. The average Bonchev–Trinajstić information content (AvgIpc) is 3.10. The highest BCUT2D eigenvalue weighted by molar-refractivity contribution is 7.07. The van der Waals surface area contributed by atoms with Crippen LogP contribution in [0, 0.1) is 0 Å². The number of aromatic nitrogens is 1. The van der Waals surface area contributed by atoms with Crippen LogP contribution >= 0.6 is 11.3 Å². The number of thiazole rings is 1. The van der Waals surface area contributed by atoms with Crippen molar-refractivity contribution in [1.82, 2.24) is 4.57 Å². The summed E-state index contributed by atoms with van der Waals surface area (Å²) in [6.07, 6.45) is 4.02. The number of hydrogen-bond acceptors (Lipinski definition) is 3. The zero-order valence-corrected chi connectivity index (χ0v) is 16.4. The lowest BCUT2D eigenvalue weighted by Gasteiger charge is -2.19. The summed E-state index contributed by atoms with van der Waals surface area (Å²) in [5.74, 6) is 0. The minimum absolute atomic E-state index is 0.00480. The van der Waals surface area contributed by atoms with Crippen molar-refractivity contribution in [2.45, 2.75) is 6.04 Å². The molecule has 0 spiro atoms. The van der Waals surface area contributed by atoms with Gasteiger partial charge in [0.15, 0.2) is 4.80 Å². The number of nitrogens with zero attached hydrogens (tertiary/aromatic N) is 2. The van der Waals surface area contributed by atoms with Gasteiger partial charge in [-0.25, -0.2) is 4.99 Å². The quantitative estimate of drug-likeness (QED) is 0.517. The molecule has 1 aliphatic heterocycles. The molecule has 5 rings (SSSR count). The summed E-state index contributed by atoms with van der Waals surface area (Å²) in [5.41, 5.74) is 4.02. The smallest absolute Gasteiger partial charge is 0.271 e. The summed E-state index contributed by atoms with van der Waals surface area (Å²) < 4.78 is 2.50. The van der Waals surface area contributed by atoms with Gasteiger partial charge in [-0.2, -0.15) is 0 Å². The fraction of sp³-hybridized carbons (Fsp3) is 0.0400. The van der Waals surface area contributed by atoms with Crippen molar-refractivity contribution in [3.05, 3.63) is 133 Å². The van der Waals surface area contributed by atoms with Crippen LogP contribution in [0.4, 0.5) is 0 Å². The summed E-state index contributed by atoms with van der Waals surface area (Å²) in [6.45, 7) is 0. The molecule has 4 aromatic rings. The van der Waals surface area contributed by atoms with E-state index in [-0.39, 0.29) is 11.6 Å². The zero-order valence-electron chi connectivity index (χ0n) is 15.6. The highest BCUT2D eigenvalue weighted by Crippen LogP contribution is 2.26. The van der Waals surface area contributed by atoms with Gasteiger partial charge in [0.05, 0.1) is 16.3 Å². The second-order valence-corrected chi connectivity index (χ2v) is 7.87. The Bertz CT molecular complexity index is 1350. The molecule has 1 aromatic heterocycles. The Morgan fingerprint density at radius 2 is 1.45 bits per heavy atom. The Kier molecular flexibility index (Phi) is 4.54. The molecule has 1 aliphatic rings. The van der Waals surface area contributed by atoms with Crippen LogP contribution < -0.4 is 14.9 Å². The van der Waals surface area contributed by atoms with Gasteiger partial charge >= 0.3 is 0 Å². The van der Waals surface area contributed by atoms with E-state index in [9.17, 15) is 4.79 Å². The lowest BCUT2D eigenvalue weighted by molar-refractivity contribution is 0.644. The van der Waals surface area contributed by atoms with Crippen LogP contribution in [-0.2, 0) is 0 Å². The lowest BCUT2D eigenvalue weighted by atomic mass is 10.0. The summed E-state index contributed by atoms with van der Waals surface area (Å²) in [5, 5.41) is 0. The number of hydrogen-bond donors (Lipinski definition) is 0. The highest BCUT2D eigenvalue weighted by atomic mass is 32.1. The number of benzene rings is 3. The Morgan fingerprint density at radius 1 is 0.828 bits per heavy atom.